The van der Waals surface area contributed by atoms with Gasteiger partial charge in [-0.3, -0.25) is 4.99 Å². The van der Waals surface area contributed by atoms with E-state index in [0.717, 1.165) is 29.8 Å². The van der Waals surface area contributed by atoms with Gasteiger partial charge in [0.2, 0.25) is 5.95 Å². The van der Waals surface area contributed by atoms with Crippen LogP contribution in [0, 0.1) is 11.3 Å². The zero-order valence-electron chi connectivity index (χ0n) is 16.1. The average molecular weight is 377 g/mol. The van der Waals surface area contributed by atoms with Crippen LogP contribution in [-0.4, -0.2) is 42.5 Å². The lowest BCUT2D eigenvalue weighted by molar-refractivity contribution is 0.0254. The molecule has 0 bridgehead atoms. The predicted molar refractivity (Wildman–Crippen MR) is 108 cm³/mol. The zero-order valence-corrected chi connectivity index (χ0v) is 16.1. The van der Waals surface area contributed by atoms with E-state index in [1.165, 1.54) is 0 Å². The van der Waals surface area contributed by atoms with Gasteiger partial charge in [0.15, 0.2) is 0 Å². The number of nitrogens with one attached hydrogen (secondary N) is 1. The molecular weight excluding hydrogens is 354 g/mol. The van der Waals surface area contributed by atoms with Gasteiger partial charge < -0.3 is 14.8 Å². The quantitative estimate of drug-likeness (QED) is 0.774. The minimum atomic E-state index is 0.0843. The summed E-state index contributed by atoms with van der Waals surface area (Å²) in [6.45, 7) is 3.29. The Balaban J connectivity index is 1.81. The van der Waals surface area contributed by atoms with Crippen molar-refractivity contribution in [1.82, 2.24) is 9.97 Å². The van der Waals surface area contributed by atoms with Crippen molar-refractivity contribution in [3.63, 3.8) is 0 Å². The van der Waals surface area contributed by atoms with Crippen molar-refractivity contribution in [2.75, 3.05) is 25.6 Å². The van der Waals surface area contributed by atoms with Crippen LogP contribution < -0.4 is 10.1 Å². The van der Waals surface area contributed by atoms with Gasteiger partial charge in [0, 0.05) is 37.9 Å². The zero-order chi connectivity index (χ0) is 19.8. The number of allylic oxidation sites excluding steroid dienone is 2. The number of ether oxygens (including phenoxy) is 2. The normalized spacial score (nSPS) is 15.4. The molecule has 1 N–H and O–H groups in total. The molecule has 0 atom stereocenters. The molecule has 28 heavy (non-hydrogen) atoms. The lowest BCUT2D eigenvalue weighted by Gasteiger charge is -2.23. The fraction of sp³-hybridized carbons (Fsp3) is 0.333. The van der Waals surface area contributed by atoms with Crippen molar-refractivity contribution in [3.05, 3.63) is 47.8 Å². The van der Waals surface area contributed by atoms with Crippen molar-refractivity contribution in [3.8, 4) is 23.1 Å². The van der Waals surface area contributed by atoms with Crippen LogP contribution in [-0.2, 0) is 4.74 Å². The summed E-state index contributed by atoms with van der Waals surface area (Å²) in [5.41, 5.74) is 2.84. The number of rotatable bonds is 6. The average Bonchev–Trinajstić information content (AvgIpc) is 2.74. The molecule has 1 fully saturated rings. The van der Waals surface area contributed by atoms with E-state index in [-0.39, 0.29) is 6.10 Å². The highest BCUT2D eigenvalue weighted by Gasteiger charge is 2.17. The van der Waals surface area contributed by atoms with Crippen molar-refractivity contribution in [2.24, 2.45) is 4.99 Å². The molecule has 2 aromatic rings. The maximum Gasteiger partial charge on any atom is 0.227 e. The topological polar surface area (TPSA) is 92.4 Å². The van der Waals surface area contributed by atoms with Gasteiger partial charge in [-0.05, 0) is 31.2 Å². The molecule has 1 aliphatic heterocycles. The Morgan fingerprint density at radius 3 is 2.89 bits per heavy atom. The van der Waals surface area contributed by atoms with E-state index in [2.05, 4.69) is 26.3 Å². The summed E-state index contributed by atoms with van der Waals surface area (Å²) in [5.74, 6) is 1.06. The van der Waals surface area contributed by atoms with Crippen molar-refractivity contribution in [1.29, 1.82) is 5.26 Å². The van der Waals surface area contributed by atoms with Crippen molar-refractivity contribution in [2.45, 2.75) is 25.9 Å². The first-order valence-corrected chi connectivity index (χ1v) is 9.21. The van der Waals surface area contributed by atoms with E-state index in [1.54, 1.807) is 25.5 Å². The van der Waals surface area contributed by atoms with Gasteiger partial charge in [-0.15, -0.1) is 0 Å². The van der Waals surface area contributed by atoms with Crippen LogP contribution in [0.15, 0.2) is 47.2 Å². The third-order valence-electron chi connectivity index (χ3n) is 4.35. The van der Waals surface area contributed by atoms with E-state index in [0.29, 0.717) is 30.5 Å². The summed E-state index contributed by atoms with van der Waals surface area (Å²) in [6.07, 6.45) is 7.02. The SMILES string of the molecule is C/C=C(\C=NC)Nc1nccc(-c2ccc(OC3CCOCC3)c(C#N)c2)n1. The molecular formula is C21H23N5O2. The first kappa shape index (κ1) is 19.5. The maximum absolute atomic E-state index is 9.56. The lowest BCUT2D eigenvalue weighted by atomic mass is 10.1. The Morgan fingerprint density at radius 2 is 2.18 bits per heavy atom. The maximum atomic E-state index is 9.56. The molecule has 3 rings (SSSR count). The minimum Gasteiger partial charge on any atom is -0.489 e. The van der Waals surface area contributed by atoms with Gasteiger partial charge in [0.1, 0.15) is 17.9 Å². The number of hydrogen-bond acceptors (Lipinski definition) is 7. The van der Waals surface area contributed by atoms with E-state index >= 15 is 0 Å². The van der Waals surface area contributed by atoms with E-state index in [1.807, 2.05) is 31.2 Å². The number of aromatic nitrogens is 2. The highest BCUT2D eigenvalue weighted by atomic mass is 16.5. The molecule has 0 radical (unpaired) electrons. The van der Waals surface area contributed by atoms with Crippen LogP contribution in [0.1, 0.15) is 25.3 Å². The summed E-state index contributed by atoms with van der Waals surface area (Å²) in [6, 6.07) is 9.57. The third kappa shape index (κ3) is 4.93. The minimum absolute atomic E-state index is 0.0843. The molecule has 0 saturated carbocycles. The van der Waals surface area contributed by atoms with Gasteiger partial charge >= 0.3 is 0 Å². The Morgan fingerprint density at radius 1 is 1.36 bits per heavy atom. The fourth-order valence-corrected chi connectivity index (χ4v) is 2.88. The number of benzene rings is 1. The highest BCUT2D eigenvalue weighted by Crippen LogP contribution is 2.27. The molecule has 0 spiro atoms. The summed E-state index contributed by atoms with van der Waals surface area (Å²) in [7, 11) is 1.70. The van der Waals surface area contributed by atoms with Gasteiger partial charge in [-0.2, -0.15) is 5.26 Å². The van der Waals surface area contributed by atoms with E-state index in [4.69, 9.17) is 9.47 Å². The van der Waals surface area contributed by atoms with Crippen LogP contribution in [0.2, 0.25) is 0 Å². The number of aliphatic imine (C=N–C) groups is 1. The molecule has 1 saturated heterocycles. The predicted octanol–water partition coefficient (Wildman–Crippen LogP) is 3.59. The van der Waals surface area contributed by atoms with E-state index < -0.39 is 0 Å². The third-order valence-corrected chi connectivity index (χ3v) is 4.35. The molecule has 7 nitrogen and oxygen atoms in total. The molecule has 0 unspecified atom stereocenters. The molecule has 7 heteroatoms. The van der Waals surface area contributed by atoms with Crippen LogP contribution in [0.25, 0.3) is 11.3 Å². The van der Waals surface area contributed by atoms with Crippen LogP contribution in [0.5, 0.6) is 5.75 Å². The highest BCUT2D eigenvalue weighted by molar-refractivity contribution is 5.82. The molecule has 0 amide bonds. The number of nitriles is 1. The summed E-state index contributed by atoms with van der Waals surface area (Å²) in [4.78, 5) is 12.8. The lowest BCUT2D eigenvalue weighted by Crippen LogP contribution is -2.26. The second kappa shape index (κ2) is 9.62. The molecule has 144 valence electrons. The summed E-state index contributed by atoms with van der Waals surface area (Å²) in [5, 5.41) is 12.7. The molecule has 2 heterocycles. The van der Waals surface area contributed by atoms with E-state index in [9.17, 15) is 5.26 Å². The van der Waals surface area contributed by atoms with Crippen LogP contribution in [0.3, 0.4) is 0 Å². The Labute approximate surface area is 164 Å². The molecule has 1 aromatic carbocycles. The number of nitrogens with zero attached hydrogens (tertiary/aromatic N) is 4. The summed E-state index contributed by atoms with van der Waals surface area (Å²) >= 11 is 0. The molecule has 1 aliphatic rings. The second-order valence-corrected chi connectivity index (χ2v) is 6.27. The van der Waals surface area contributed by atoms with Crippen molar-refractivity contribution >= 4 is 12.2 Å². The summed E-state index contributed by atoms with van der Waals surface area (Å²) < 4.78 is 11.4. The fourth-order valence-electron chi connectivity index (χ4n) is 2.88. The van der Waals surface area contributed by atoms with Gasteiger partial charge in [0.25, 0.3) is 0 Å². The standard InChI is InChI=1S/C21H23N5O2/c1-3-17(14-23-2)25-21-24-9-6-19(26-21)15-4-5-20(16(12-15)13-22)28-18-7-10-27-11-8-18/h3-6,9,12,14,18H,7-8,10-11H2,1-2H3,(H,24,25,26)/b17-3+,23-14?. The Hall–Kier alpha value is -3.24. The second-order valence-electron chi connectivity index (χ2n) is 6.27. The molecule has 0 aliphatic carbocycles. The smallest absolute Gasteiger partial charge is 0.227 e. The molecule has 1 aromatic heterocycles. The largest absolute Gasteiger partial charge is 0.489 e. The number of hydrogen-bond donors (Lipinski definition) is 1. The van der Waals surface area contributed by atoms with Crippen LogP contribution in [0.4, 0.5) is 5.95 Å². The van der Waals surface area contributed by atoms with Crippen molar-refractivity contribution < 1.29 is 9.47 Å². The van der Waals surface area contributed by atoms with Gasteiger partial charge in [-0.1, -0.05) is 6.08 Å². The first-order chi connectivity index (χ1) is 13.7. The number of anilines is 1. The van der Waals surface area contributed by atoms with Gasteiger partial charge in [0.05, 0.1) is 30.2 Å². The first-order valence-electron chi connectivity index (χ1n) is 9.21. The Bertz CT molecular complexity index is 911. The van der Waals surface area contributed by atoms with Gasteiger partial charge in [-0.25, -0.2) is 9.97 Å². The van der Waals surface area contributed by atoms with Crippen LogP contribution >= 0.6 is 0 Å². The monoisotopic (exact) mass is 377 g/mol. The Kier molecular flexibility index (Phi) is 6.71.